The van der Waals surface area contributed by atoms with E-state index in [1.807, 2.05) is 6.07 Å². The highest BCUT2D eigenvalue weighted by Gasteiger charge is 2.32. The third kappa shape index (κ3) is 5.49. The zero-order valence-corrected chi connectivity index (χ0v) is 17.2. The molecular weight excluding hydrogens is 413 g/mol. The van der Waals surface area contributed by atoms with Crippen LogP contribution in [0.15, 0.2) is 48.5 Å². The molecule has 2 aromatic carbocycles. The number of carbonyl (C=O) groups excluding carboxylic acids is 3. The van der Waals surface area contributed by atoms with Crippen molar-refractivity contribution in [1.82, 2.24) is 10.2 Å². The van der Waals surface area contributed by atoms with Crippen LogP contribution in [-0.4, -0.2) is 41.8 Å². The Morgan fingerprint density at radius 2 is 1.79 bits per heavy atom. The van der Waals surface area contributed by atoms with E-state index >= 15 is 0 Å². The molecule has 0 bridgehead atoms. The summed E-state index contributed by atoms with van der Waals surface area (Å²) < 4.78 is 0. The molecule has 0 aromatic heterocycles. The zero-order chi connectivity index (χ0) is 20.8. The SMILES string of the molecule is O=C(NCC(=O)N1CCCCC1C(=O)Nc1ccc(Cl)cc1Cl)c1ccccc1. The van der Waals surface area contributed by atoms with Gasteiger partial charge in [0.15, 0.2) is 0 Å². The number of halogens is 2. The molecule has 2 aromatic rings. The van der Waals surface area contributed by atoms with Gasteiger partial charge in [-0.1, -0.05) is 41.4 Å². The van der Waals surface area contributed by atoms with Crippen LogP contribution < -0.4 is 10.6 Å². The van der Waals surface area contributed by atoms with E-state index in [4.69, 9.17) is 23.2 Å². The lowest BCUT2D eigenvalue weighted by molar-refractivity contribution is -0.139. The number of amides is 3. The van der Waals surface area contributed by atoms with Crippen LogP contribution in [0.5, 0.6) is 0 Å². The summed E-state index contributed by atoms with van der Waals surface area (Å²) in [4.78, 5) is 39.2. The smallest absolute Gasteiger partial charge is 0.251 e. The Morgan fingerprint density at radius 3 is 2.52 bits per heavy atom. The normalized spacial score (nSPS) is 16.2. The molecule has 3 amide bonds. The largest absolute Gasteiger partial charge is 0.343 e. The van der Waals surface area contributed by atoms with Gasteiger partial charge in [-0.25, -0.2) is 0 Å². The number of hydrogen-bond donors (Lipinski definition) is 2. The average Bonchev–Trinajstić information content (AvgIpc) is 2.74. The Bertz CT molecular complexity index is 905. The molecule has 0 radical (unpaired) electrons. The van der Waals surface area contributed by atoms with E-state index in [1.165, 1.54) is 4.90 Å². The average molecular weight is 434 g/mol. The highest BCUT2D eigenvalue weighted by Crippen LogP contribution is 2.26. The predicted octanol–water partition coefficient (Wildman–Crippen LogP) is 3.74. The predicted molar refractivity (Wildman–Crippen MR) is 113 cm³/mol. The fourth-order valence-corrected chi connectivity index (χ4v) is 3.71. The van der Waals surface area contributed by atoms with Gasteiger partial charge in [-0.05, 0) is 49.6 Å². The minimum Gasteiger partial charge on any atom is -0.343 e. The summed E-state index contributed by atoms with van der Waals surface area (Å²) in [5.74, 6) is -0.933. The van der Waals surface area contributed by atoms with Gasteiger partial charge in [0.2, 0.25) is 11.8 Å². The Labute approximate surface area is 179 Å². The first-order valence-electron chi connectivity index (χ1n) is 9.34. The van der Waals surface area contributed by atoms with Gasteiger partial charge in [0.1, 0.15) is 6.04 Å². The Hall–Kier alpha value is -2.57. The van der Waals surface area contributed by atoms with E-state index in [-0.39, 0.29) is 24.3 Å². The summed E-state index contributed by atoms with van der Waals surface area (Å²) in [5, 5.41) is 6.19. The summed E-state index contributed by atoms with van der Waals surface area (Å²) in [6.07, 6.45) is 2.20. The van der Waals surface area contributed by atoms with Crippen LogP contribution in [0.25, 0.3) is 0 Å². The first-order valence-corrected chi connectivity index (χ1v) is 10.1. The third-order valence-corrected chi connectivity index (χ3v) is 5.30. The Morgan fingerprint density at radius 1 is 1.03 bits per heavy atom. The van der Waals surface area contributed by atoms with Crippen molar-refractivity contribution in [2.45, 2.75) is 25.3 Å². The highest BCUT2D eigenvalue weighted by atomic mass is 35.5. The fourth-order valence-electron chi connectivity index (χ4n) is 3.26. The van der Waals surface area contributed by atoms with Gasteiger partial charge < -0.3 is 15.5 Å². The Kier molecular flexibility index (Phi) is 7.12. The maximum absolute atomic E-state index is 12.8. The number of nitrogens with zero attached hydrogens (tertiary/aromatic N) is 1. The van der Waals surface area contributed by atoms with Gasteiger partial charge in [0.05, 0.1) is 17.3 Å². The molecular formula is C21H21Cl2N3O3. The third-order valence-electron chi connectivity index (χ3n) is 4.75. The minimum atomic E-state index is -0.614. The molecule has 2 N–H and O–H groups in total. The lowest BCUT2D eigenvalue weighted by atomic mass is 10.0. The Balaban J connectivity index is 1.63. The number of nitrogens with one attached hydrogen (secondary N) is 2. The molecule has 1 saturated heterocycles. The van der Waals surface area contributed by atoms with Crippen LogP contribution in [0, 0.1) is 0 Å². The second-order valence-electron chi connectivity index (χ2n) is 6.76. The lowest BCUT2D eigenvalue weighted by Crippen LogP contribution is -2.52. The molecule has 152 valence electrons. The molecule has 1 unspecified atom stereocenters. The molecule has 29 heavy (non-hydrogen) atoms. The zero-order valence-electron chi connectivity index (χ0n) is 15.7. The van der Waals surface area contributed by atoms with Gasteiger partial charge >= 0.3 is 0 Å². The second kappa shape index (κ2) is 9.76. The molecule has 1 heterocycles. The van der Waals surface area contributed by atoms with E-state index in [9.17, 15) is 14.4 Å². The van der Waals surface area contributed by atoms with Crippen molar-refractivity contribution < 1.29 is 14.4 Å². The van der Waals surface area contributed by atoms with Gasteiger partial charge in [-0.2, -0.15) is 0 Å². The second-order valence-corrected chi connectivity index (χ2v) is 7.60. The standard InChI is InChI=1S/C21H21Cl2N3O3/c22-15-9-10-17(16(23)12-15)25-21(29)18-8-4-5-11-26(18)19(27)13-24-20(28)14-6-2-1-3-7-14/h1-3,6-7,9-10,12,18H,4-5,8,11,13H2,(H,24,28)(H,25,29). The number of rotatable bonds is 5. The highest BCUT2D eigenvalue weighted by molar-refractivity contribution is 6.36. The van der Waals surface area contributed by atoms with Crippen molar-refractivity contribution in [3.8, 4) is 0 Å². The quantitative estimate of drug-likeness (QED) is 0.753. The summed E-state index contributed by atoms with van der Waals surface area (Å²) in [5.41, 5.74) is 0.919. The molecule has 0 spiro atoms. The molecule has 1 fully saturated rings. The van der Waals surface area contributed by atoms with E-state index in [1.54, 1.807) is 42.5 Å². The first-order chi connectivity index (χ1) is 14.0. The number of anilines is 1. The molecule has 3 rings (SSSR count). The molecule has 1 aliphatic heterocycles. The number of benzene rings is 2. The maximum Gasteiger partial charge on any atom is 0.251 e. The number of piperidine rings is 1. The van der Waals surface area contributed by atoms with E-state index in [2.05, 4.69) is 10.6 Å². The summed E-state index contributed by atoms with van der Waals surface area (Å²) in [7, 11) is 0. The van der Waals surface area contributed by atoms with Crippen LogP contribution in [0.2, 0.25) is 10.0 Å². The van der Waals surface area contributed by atoms with E-state index in [0.717, 1.165) is 12.8 Å². The maximum atomic E-state index is 12.8. The van der Waals surface area contributed by atoms with Crippen LogP contribution in [0.3, 0.4) is 0 Å². The first kappa shape index (κ1) is 21.1. The number of hydrogen-bond acceptors (Lipinski definition) is 3. The van der Waals surface area contributed by atoms with Gasteiger partial charge in [0, 0.05) is 17.1 Å². The fraction of sp³-hybridized carbons (Fsp3) is 0.286. The van der Waals surface area contributed by atoms with Crippen LogP contribution in [0.4, 0.5) is 5.69 Å². The lowest BCUT2D eigenvalue weighted by Gasteiger charge is -2.34. The van der Waals surface area contributed by atoms with Crippen molar-refractivity contribution in [2.75, 3.05) is 18.4 Å². The summed E-state index contributed by atoms with van der Waals surface area (Å²) in [6.45, 7) is 0.297. The molecule has 8 heteroatoms. The monoisotopic (exact) mass is 433 g/mol. The van der Waals surface area contributed by atoms with Crippen molar-refractivity contribution in [2.24, 2.45) is 0 Å². The van der Waals surface area contributed by atoms with Crippen molar-refractivity contribution >= 4 is 46.6 Å². The molecule has 1 atom stereocenters. The van der Waals surface area contributed by atoms with Gasteiger partial charge in [0.25, 0.3) is 5.91 Å². The van der Waals surface area contributed by atoms with Crippen molar-refractivity contribution in [1.29, 1.82) is 0 Å². The molecule has 1 aliphatic rings. The van der Waals surface area contributed by atoms with Crippen LogP contribution in [-0.2, 0) is 9.59 Å². The number of carbonyl (C=O) groups is 3. The molecule has 0 aliphatic carbocycles. The molecule has 6 nitrogen and oxygen atoms in total. The summed E-state index contributed by atoms with van der Waals surface area (Å²) in [6, 6.07) is 12.8. The number of likely N-dealkylation sites (tertiary alicyclic amines) is 1. The topological polar surface area (TPSA) is 78.5 Å². The van der Waals surface area contributed by atoms with Crippen LogP contribution in [0.1, 0.15) is 29.6 Å². The minimum absolute atomic E-state index is 0.167. The van der Waals surface area contributed by atoms with Gasteiger partial charge in [-0.3, -0.25) is 14.4 Å². The molecule has 0 saturated carbocycles. The summed E-state index contributed by atoms with van der Waals surface area (Å²) >= 11 is 12.0. The van der Waals surface area contributed by atoms with E-state index < -0.39 is 6.04 Å². The van der Waals surface area contributed by atoms with Crippen molar-refractivity contribution in [3.05, 3.63) is 64.1 Å². The van der Waals surface area contributed by atoms with Gasteiger partial charge in [-0.15, -0.1) is 0 Å². The van der Waals surface area contributed by atoms with E-state index in [0.29, 0.717) is 34.3 Å². The van der Waals surface area contributed by atoms with Crippen LogP contribution >= 0.6 is 23.2 Å². The van der Waals surface area contributed by atoms with Crippen molar-refractivity contribution in [3.63, 3.8) is 0 Å².